The summed E-state index contributed by atoms with van der Waals surface area (Å²) in [5, 5.41) is 3.88. The van der Waals surface area contributed by atoms with E-state index >= 15 is 0 Å². The van der Waals surface area contributed by atoms with Gasteiger partial charge < -0.3 is 10.2 Å². The fourth-order valence-electron chi connectivity index (χ4n) is 6.16. The third kappa shape index (κ3) is 8.59. The molecule has 0 heterocycles. The van der Waals surface area contributed by atoms with Crippen LogP contribution in [0.5, 0.6) is 0 Å². The Labute approximate surface area is 293 Å². The van der Waals surface area contributed by atoms with Crippen LogP contribution < -0.4 is 9.62 Å². The molecule has 0 bridgehead atoms. The molecule has 252 valence electrons. The number of amides is 2. The number of hydrogen-bond acceptors (Lipinski definition) is 4. The number of nitrogens with one attached hydrogen (secondary N) is 1. The Bertz CT molecular complexity index is 1830. The lowest BCUT2D eigenvalue weighted by atomic mass is 10.0. The number of carbonyl (C=O) groups excluding carboxylic acids is 2. The van der Waals surface area contributed by atoms with Crippen molar-refractivity contribution in [2.75, 3.05) is 10.8 Å². The summed E-state index contributed by atoms with van der Waals surface area (Å²) in [7, 11) is -4.19. The summed E-state index contributed by atoms with van der Waals surface area (Å²) >= 11 is 12.6. The lowest BCUT2D eigenvalue weighted by Gasteiger charge is -2.34. The maximum atomic E-state index is 14.8. The van der Waals surface area contributed by atoms with E-state index in [0.717, 1.165) is 42.4 Å². The topological polar surface area (TPSA) is 86.8 Å². The Morgan fingerprint density at radius 2 is 1.52 bits per heavy atom. The normalized spacial score (nSPS) is 14.0. The molecule has 7 nitrogen and oxygen atoms in total. The third-order valence-corrected chi connectivity index (χ3v) is 11.4. The van der Waals surface area contributed by atoms with E-state index in [2.05, 4.69) is 5.32 Å². The summed E-state index contributed by atoms with van der Waals surface area (Å²) in [5.41, 5.74) is 3.63. The summed E-state index contributed by atoms with van der Waals surface area (Å²) in [5.74, 6) is -0.800. The van der Waals surface area contributed by atoms with Gasteiger partial charge in [-0.15, -0.1) is 0 Å². The first-order chi connectivity index (χ1) is 23.1. The van der Waals surface area contributed by atoms with Crippen molar-refractivity contribution in [3.8, 4) is 0 Å². The Balaban J connectivity index is 1.60. The monoisotopic (exact) mass is 705 g/mol. The van der Waals surface area contributed by atoms with E-state index in [0.29, 0.717) is 27.7 Å². The third-order valence-electron chi connectivity index (χ3n) is 8.84. The number of carbonyl (C=O) groups is 2. The number of hydrogen-bond donors (Lipinski definition) is 1. The molecule has 2 amide bonds. The van der Waals surface area contributed by atoms with E-state index in [1.807, 2.05) is 56.3 Å². The minimum absolute atomic E-state index is 0.0130. The van der Waals surface area contributed by atoms with E-state index < -0.39 is 28.5 Å². The van der Waals surface area contributed by atoms with Crippen LogP contribution in [0.2, 0.25) is 10.0 Å². The summed E-state index contributed by atoms with van der Waals surface area (Å²) in [6.07, 6.45) is 4.61. The number of sulfonamides is 1. The minimum Gasteiger partial charge on any atom is -0.352 e. The summed E-state index contributed by atoms with van der Waals surface area (Å²) in [4.78, 5) is 30.5. The first-order valence-corrected chi connectivity index (χ1v) is 18.5. The largest absolute Gasteiger partial charge is 0.352 e. The molecule has 0 radical (unpaired) electrons. The summed E-state index contributed by atoms with van der Waals surface area (Å²) in [6, 6.07) is 27.5. The molecule has 4 aromatic carbocycles. The van der Waals surface area contributed by atoms with E-state index in [9.17, 15) is 18.0 Å². The molecular formula is C38H41Cl2N3O4S. The summed E-state index contributed by atoms with van der Waals surface area (Å²) in [6.45, 7) is 3.32. The lowest BCUT2D eigenvalue weighted by Crippen LogP contribution is -2.54. The standard InChI is InChI=1S/C38H41Cl2N3O4S/c1-3-30-13-7-10-16-35(30)43(48(46,47)32-20-17-27(2)18-21-32)26-37(44)42(25-29-19-22-33(39)34(40)23-29)36(24-28-11-5-4-6-12-28)38(45)41-31-14-8-9-15-31/h4-7,10-13,16-23,31,36H,3,8-9,14-15,24-26H2,1-2H3,(H,41,45)/t36-/m1/s1. The van der Waals surface area contributed by atoms with Crippen LogP contribution in [0, 0.1) is 6.92 Å². The molecule has 1 aliphatic carbocycles. The number of para-hydroxylation sites is 1. The zero-order valence-corrected chi connectivity index (χ0v) is 29.6. The molecular weight excluding hydrogens is 665 g/mol. The van der Waals surface area contributed by atoms with E-state index in [4.69, 9.17) is 23.2 Å². The maximum absolute atomic E-state index is 14.8. The highest BCUT2D eigenvalue weighted by Gasteiger charge is 2.36. The van der Waals surface area contributed by atoms with Gasteiger partial charge in [-0.05, 0) is 73.2 Å². The van der Waals surface area contributed by atoms with E-state index in [-0.39, 0.29) is 29.8 Å². The predicted octanol–water partition coefficient (Wildman–Crippen LogP) is 7.76. The van der Waals surface area contributed by atoms with Gasteiger partial charge >= 0.3 is 0 Å². The molecule has 1 atom stereocenters. The maximum Gasteiger partial charge on any atom is 0.264 e. The van der Waals surface area contributed by atoms with Crippen LogP contribution in [0.4, 0.5) is 5.69 Å². The highest BCUT2D eigenvalue weighted by molar-refractivity contribution is 7.92. The molecule has 0 aliphatic heterocycles. The van der Waals surface area contributed by atoms with Gasteiger partial charge in [0.25, 0.3) is 10.0 Å². The van der Waals surface area contributed by atoms with Gasteiger partial charge in [-0.3, -0.25) is 13.9 Å². The Morgan fingerprint density at radius 3 is 2.19 bits per heavy atom. The molecule has 0 spiro atoms. The zero-order valence-electron chi connectivity index (χ0n) is 27.2. The molecule has 4 aromatic rings. The van der Waals surface area contributed by atoms with Gasteiger partial charge in [0.05, 0.1) is 20.6 Å². The quantitative estimate of drug-likeness (QED) is 0.154. The highest BCUT2D eigenvalue weighted by Crippen LogP contribution is 2.30. The van der Waals surface area contributed by atoms with E-state index in [1.54, 1.807) is 54.6 Å². The number of aryl methyl sites for hydroxylation is 2. The molecule has 0 aromatic heterocycles. The number of nitrogens with zero attached hydrogens (tertiary/aromatic N) is 2. The fraction of sp³-hybridized carbons (Fsp3) is 0.316. The Kier molecular flexibility index (Phi) is 11.8. The van der Waals surface area contributed by atoms with Gasteiger partial charge in [-0.1, -0.05) is 115 Å². The van der Waals surface area contributed by atoms with Gasteiger partial charge in [0.2, 0.25) is 11.8 Å². The van der Waals surface area contributed by atoms with Crippen LogP contribution in [-0.2, 0) is 39.0 Å². The predicted molar refractivity (Wildman–Crippen MR) is 193 cm³/mol. The first kappa shape index (κ1) is 35.5. The smallest absolute Gasteiger partial charge is 0.264 e. The van der Waals surface area contributed by atoms with Crippen molar-refractivity contribution in [3.05, 3.63) is 129 Å². The van der Waals surface area contributed by atoms with Gasteiger partial charge in [0.15, 0.2) is 0 Å². The molecule has 0 saturated heterocycles. The molecule has 48 heavy (non-hydrogen) atoms. The second-order valence-corrected chi connectivity index (χ2v) is 14.9. The molecule has 1 fully saturated rings. The lowest BCUT2D eigenvalue weighted by molar-refractivity contribution is -0.140. The molecule has 1 aliphatic rings. The van der Waals surface area contributed by atoms with Crippen LogP contribution in [0.1, 0.15) is 54.9 Å². The highest BCUT2D eigenvalue weighted by atomic mass is 35.5. The van der Waals surface area contributed by atoms with Crippen LogP contribution in [-0.4, -0.2) is 43.8 Å². The Morgan fingerprint density at radius 1 is 0.854 bits per heavy atom. The van der Waals surface area contributed by atoms with Gasteiger partial charge in [0, 0.05) is 19.0 Å². The number of anilines is 1. The molecule has 1 N–H and O–H groups in total. The minimum atomic E-state index is -4.19. The van der Waals surface area contributed by atoms with Gasteiger partial charge in [0.1, 0.15) is 12.6 Å². The molecule has 0 unspecified atom stereocenters. The van der Waals surface area contributed by atoms with Crippen LogP contribution in [0.3, 0.4) is 0 Å². The molecule has 5 rings (SSSR count). The van der Waals surface area contributed by atoms with Crippen LogP contribution in [0.25, 0.3) is 0 Å². The number of benzene rings is 4. The first-order valence-electron chi connectivity index (χ1n) is 16.3. The average molecular weight is 707 g/mol. The van der Waals surface area contributed by atoms with Gasteiger partial charge in [-0.25, -0.2) is 8.42 Å². The van der Waals surface area contributed by atoms with Crippen LogP contribution in [0.15, 0.2) is 102 Å². The average Bonchev–Trinajstić information content (AvgIpc) is 3.60. The molecule has 10 heteroatoms. The number of rotatable bonds is 13. The number of halogens is 2. The Hall–Kier alpha value is -3.85. The van der Waals surface area contributed by atoms with Crippen molar-refractivity contribution < 1.29 is 18.0 Å². The van der Waals surface area contributed by atoms with Crippen LogP contribution >= 0.6 is 23.2 Å². The second-order valence-electron chi connectivity index (χ2n) is 12.3. The van der Waals surface area contributed by atoms with Crippen molar-refractivity contribution in [2.24, 2.45) is 0 Å². The van der Waals surface area contributed by atoms with Crippen molar-refractivity contribution in [1.29, 1.82) is 0 Å². The van der Waals surface area contributed by atoms with Crippen molar-refractivity contribution >= 4 is 50.7 Å². The fourth-order valence-corrected chi connectivity index (χ4v) is 7.93. The molecule has 1 saturated carbocycles. The van der Waals surface area contributed by atoms with E-state index in [1.165, 1.54) is 9.21 Å². The van der Waals surface area contributed by atoms with Crippen molar-refractivity contribution in [1.82, 2.24) is 10.2 Å². The summed E-state index contributed by atoms with van der Waals surface area (Å²) < 4.78 is 29.9. The SMILES string of the molecule is CCc1ccccc1N(CC(=O)N(Cc1ccc(Cl)c(Cl)c1)[C@H](Cc1ccccc1)C(=O)NC1CCCC1)S(=O)(=O)c1ccc(C)cc1. The zero-order chi connectivity index (χ0) is 34.3. The van der Waals surface area contributed by atoms with Crippen molar-refractivity contribution in [3.63, 3.8) is 0 Å². The second kappa shape index (κ2) is 16.0. The van der Waals surface area contributed by atoms with Gasteiger partial charge in [-0.2, -0.15) is 0 Å². The van der Waals surface area contributed by atoms with Crippen molar-refractivity contribution in [2.45, 2.75) is 75.9 Å².